The highest BCUT2D eigenvalue weighted by Crippen LogP contribution is 2.48. The molecule has 0 aliphatic carbocycles. The summed E-state index contributed by atoms with van der Waals surface area (Å²) in [6.07, 6.45) is 0. The summed E-state index contributed by atoms with van der Waals surface area (Å²) in [7, 11) is 0. The summed E-state index contributed by atoms with van der Waals surface area (Å²) >= 11 is 0. The van der Waals surface area contributed by atoms with Crippen LogP contribution in [-0.2, 0) is 21.7 Å². The van der Waals surface area contributed by atoms with Crippen molar-refractivity contribution in [3.63, 3.8) is 0 Å². The Balaban J connectivity index is 0.993. The summed E-state index contributed by atoms with van der Waals surface area (Å²) in [4.78, 5) is 21.0. The molecular weight excluding hydrogens is 1290 g/mol. The summed E-state index contributed by atoms with van der Waals surface area (Å²) in [5.74, 6) is 1.77. The van der Waals surface area contributed by atoms with Gasteiger partial charge in [0.25, 0.3) is 0 Å². The lowest BCUT2D eigenvalue weighted by Gasteiger charge is -2.26. The fourth-order valence-electron chi connectivity index (χ4n) is 16.0. The molecule has 0 radical (unpaired) electrons. The Kier molecular flexibility index (Phi) is 15.1. The van der Waals surface area contributed by atoms with Gasteiger partial charge in [-0.2, -0.15) is 0 Å². The van der Waals surface area contributed by atoms with E-state index in [1.807, 2.05) is 12.1 Å². The Morgan fingerprint density at radius 2 is 0.547 bits per heavy atom. The van der Waals surface area contributed by atoms with Crippen molar-refractivity contribution in [1.82, 2.24) is 33.2 Å². The Morgan fingerprint density at radius 1 is 0.245 bits per heavy atom. The van der Waals surface area contributed by atoms with E-state index in [-0.39, 0.29) is 21.7 Å². The van der Waals surface area contributed by atoms with E-state index in [2.05, 4.69) is 373 Å². The van der Waals surface area contributed by atoms with Crippen LogP contribution < -0.4 is 0 Å². The van der Waals surface area contributed by atoms with Crippen LogP contribution in [0.3, 0.4) is 0 Å². The van der Waals surface area contributed by atoms with Crippen LogP contribution in [0.15, 0.2) is 279 Å². The van der Waals surface area contributed by atoms with E-state index in [1.165, 1.54) is 43.8 Å². The molecule has 0 saturated heterocycles. The van der Waals surface area contributed by atoms with Gasteiger partial charge in [0.2, 0.25) is 0 Å². The molecule has 0 atom stereocenters. The highest BCUT2D eigenvalue weighted by Gasteiger charge is 2.29. The van der Waals surface area contributed by atoms with E-state index < -0.39 is 0 Å². The first-order valence-electron chi connectivity index (χ1n) is 36.9. The molecule has 0 amide bonds. The van der Waals surface area contributed by atoms with Crippen molar-refractivity contribution in [3.05, 3.63) is 313 Å². The van der Waals surface area contributed by atoms with E-state index in [0.717, 1.165) is 127 Å². The summed E-state index contributed by atoms with van der Waals surface area (Å²) in [6.45, 7) is 35.5. The van der Waals surface area contributed by atoms with Gasteiger partial charge in [-0.3, -0.25) is 0 Å². The second-order valence-corrected chi connectivity index (χ2v) is 32.9. The van der Waals surface area contributed by atoms with Gasteiger partial charge in [0.05, 0.1) is 62.1 Å². The standard InChI is InChI=1S/C98H82N8/c1-95(2,3)65-48-63(49-66(54-65)96(4,5)6)93-100-92(101-94(102-93)64-50-67(97(7,8)9)55-68(51-64)98(10,11)12)62-43-47-87(106-85-39-27-23-35-75(85)81-57-79-73-33-21-25-37-83(73)104(89(79)59-91(81)106)71-30-18-15-19-31-71)77(53-62)76-52-61(60-40-44-69(99-13)45-41-60)42-46-86(76)105-84-38-26-22-34-74(84)80-56-78-72-32-20-24-36-82(72)103(88(78)58-90(80)105)70-28-16-14-17-29-70/h14-59H,1-12H3. The maximum absolute atomic E-state index is 8.04. The molecule has 18 aromatic rings. The molecule has 514 valence electrons. The molecular formula is C98H82N8. The summed E-state index contributed by atoms with van der Waals surface area (Å²) in [5.41, 5.74) is 24.3. The minimum Gasteiger partial charge on any atom is -0.309 e. The lowest BCUT2D eigenvalue weighted by atomic mass is 9.79. The Morgan fingerprint density at radius 3 is 0.906 bits per heavy atom. The first-order valence-corrected chi connectivity index (χ1v) is 36.9. The molecule has 0 bridgehead atoms. The van der Waals surface area contributed by atoms with Gasteiger partial charge in [0.1, 0.15) is 0 Å². The van der Waals surface area contributed by atoms with Crippen molar-refractivity contribution in [3.8, 4) is 79.2 Å². The minimum absolute atomic E-state index is 0.174. The zero-order valence-electron chi connectivity index (χ0n) is 62.1. The van der Waals surface area contributed by atoms with Crippen LogP contribution in [0.2, 0.25) is 0 Å². The largest absolute Gasteiger partial charge is 0.309 e. The average Bonchev–Trinajstić information content (AvgIpc) is 1.55. The number of fused-ring (bicyclic) bond motifs is 12. The van der Waals surface area contributed by atoms with Gasteiger partial charge in [-0.15, -0.1) is 0 Å². The van der Waals surface area contributed by atoms with E-state index >= 15 is 0 Å². The predicted molar refractivity (Wildman–Crippen MR) is 445 cm³/mol. The molecule has 0 N–H and O–H groups in total. The van der Waals surface area contributed by atoms with Gasteiger partial charge in [-0.05, 0) is 182 Å². The smallest absolute Gasteiger partial charge is 0.187 e. The number of nitrogens with zero attached hydrogens (tertiary/aromatic N) is 8. The molecule has 5 heterocycles. The van der Waals surface area contributed by atoms with Gasteiger partial charge in [0.15, 0.2) is 23.2 Å². The molecule has 18 rings (SSSR count). The van der Waals surface area contributed by atoms with Crippen molar-refractivity contribution in [2.75, 3.05) is 0 Å². The van der Waals surface area contributed by atoms with Crippen LogP contribution in [0.4, 0.5) is 5.69 Å². The van der Waals surface area contributed by atoms with Crippen molar-refractivity contribution >= 4 is 92.9 Å². The molecule has 0 spiro atoms. The average molecular weight is 1370 g/mol. The Bertz CT molecular complexity index is 6500. The van der Waals surface area contributed by atoms with Crippen molar-refractivity contribution in [2.45, 2.75) is 105 Å². The molecule has 13 aromatic carbocycles. The fraction of sp³-hybridized carbons (Fsp3) is 0.163. The Hall–Kier alpha value is -12.4. The van der Waals surface area contributed by atoms with Crippen LogP contribution in [0.5, 0.6) is 0 Å². The molecule has 106 heavy (non-hydrogen) atoms. The third-order valence-electron chi connectivity index (χ3n) is 21.8. The van der Waals surface area contributed by atoms with Crippen molar-refractivity contribution in [1.29, 1.82) is 0 Å². The fourth-order valence-corrected chi connectivity index (χ4v) is 16.0. The molecule has 8 nitrogen and oxygen atoms in total. The van der Waals surface area contributed by atoms with Gasteiger partial charge in [-0.1, -0.05) is 235 Å². The van der Waals surface area contributed by atoms with Gasteiger partial charge in [0, 0.05) is 82.3 Å². The molecule has 0 fully saturated rings. The zero-order chi connectivity index (χ0) is 72.9. The van der Waals surface area contributed by atoms with E-state index in [0.29, 0.717) is 23.2 Å². The lowest BCUT2D eigenvalue weighted by Crippen LogP contribution is -2.17. The summed E-state index contributed by atoms with van der Waals surface area (Å²) in [6, 6.07) is 103. The van der Waals surface area contributed by atoms with Crippen LogP contribution in [0, 0.1) is 6.57 Å². The molecule has 8 heteroatoms. The van der Waals surface area contributed by atoms with Crippen LogP contribution in [0.1, 0.15) is 105 Å². The number of hydrogen-bond acceptors (Lipinski definition) is 3. The van der Waals surface area contributed by atoms with Gasteiger partial charge >= 0.3 is 0 Å². The molecule has 0 unspecified atom stereocenters. The third-order valence-corrected chi connectivity index (χ3v) is 21.8. The van der Waals surface area contributed by atoms with Crippen molar-refractivity contribution in [2.24, 2.45) is 0 Å². The molecule has 0 aliphatic rings. The van der Waals surface area contributed by atoms with Crippen LogP contribution in [-0.4, -0.2) is 33.2 Å². The summed E-state index contributed by atoms with van der Waals surface area (Å²) < 4.78 is 9.86. The Labute approximate surface area is 619 Å². The third kappa shape index (κ3) is 11.0. The highest BCUT2D eigenvalue weighted by molar-refractivity contribution is 6.21. The van der Waals surface area contributed by atoms with Crippen LogP contribution >= 0.6 is 0 Å². The predicted octanol–water partition coefficient (Wildman–Crippen LogP) is 26.3. The van der Waals surface area contributed by atoms with Crippen molar-refractivity contribution < 1.29 is 0 Å². The highest BCUT2D eigenvalue weighted by atomic mass is 15.1. The number of hydrogen-bond donors (Lipinski definition) is 0. The SMILES string of the molecule is [C-]#[N+]c1ccc(-c2ccc(-n3c4ccccc4c4cc5c6ccccc6n(-c6ccccc6)c5cc43)c(-c3cc(-c4nc(-c5cc(C(C)(C)C)cc(C(C)(C)C)c5)nc(-c5cc(C(C)(C)C)cc(C(C)(C)C)c5)n4)ccc3-n3c4ccccc4c4cc5c6ccccc6n(-c6ccccc6)c5cc43)c2)cc1. The lowest BCUT2D eigenvalue weighted by molar-refractivity contribution is 0.568. The van der Waals surface area contributed by atoms with Crippen LogP contribution in [0.25, 0.3) is 171 Å². The zero-order valence-corrected chi connectivity index (χ0v) is 62.1. The quantitative estimate of drug-likeness (QED) is 0.135. The minimum atomic E-state index is -0.174. The van der Waals surface area contributed by atoms with Gasteiger partial charge in [-0.25, -0.2) is 19.8 Å². The molecule has 0 saturated carbocycles. The van der Waals surface area contributed by atoms with E-state index in [4.69, 9.17) is 21.5 Å². The topological polar surface area (TPSA) is 62.8 Å². The molecule has 0 aliphatic heterocycles. The molecule has 5 aromatic heterocycles. The number of para-hydroxylation sites is 6. The second-order valence-electron chi connectivity index (χ2n) is 32.9. The monoisotopic (exact) mass is 1370 g/mol. The first kappa shape index (κ1) is 65.6. The number of rotatable bonds is 9. The van der Waals surface area contributed by atoms with E-state index in [9.17, 15) is 0 Å². The number of aromatic nitrogens is 7. The first-order chi connectivity index (χ1) is 51.0. The van der Waals surface area contributed by atoms with Gasteiger partial charge < -0.3 is 18.3 Å². The maximum Gasteiger partial charge on any atom is 0.187 e. The maximum atomic E-state index is 8.04. The summed E-state index contributed by atoms with van der Waals surface area (Å²) in [5, 5.41) is 9.35. The second kappa shape index (κ2) is 24.3. The number of benzene rings is 13. The normalized spacial score (nSPS) is 12.5. The van der Waals surface area contributed by atoms with E-state index in [1.54, 1.807) is 0 Å².